The fraction of sp³-hybridized carbons (Fsp3) is 0.538. The molecule has 2 N–H and O–H groups in total. The lowest BCUT2D eigenvalue weighted by Gasteiger charge is -2.30. The van der Waals surface area contributed by atoms with Crippen LogP contribution in [0.1, 0.15) is 25.7 Å². The number of hydrogen-bond donors (Lipinski definition) is 2. The van der Waals surface area contributed by atoms with E-state index < -0.39 is 0 Å². The third-order valence-electron chi connectivity index (χ3n) is 3.38. The molecule has 2 fully saturated rings. The van der Waals surface area contributed by atoms with Crippen LogP contribution >= 0.6 is 0 Å². The molecule has 0 amide bonds. The average molecular weight is 204 g/mol. The molecular weight excluding hydrogens is 184 g/mol. The molecular formula is C13H20N2. The molecule has 1 spiro atoms. The van der Waals surface area contributed by atoms with Crippen LogP contribution in [0.5, 0.6) is 0 Å². The SMILES string of the molecule is C=CC(=C)/C=C\NC1CCNC2(CC2)C1. The first kappa shape index (κ1) is 10.5. The minimum Gasteiger partial charge on any atom is -0.388 e. The smallest absolute Gasteiger partial charge is 0.0285 e. The molecule has 1 saturated carbocycles. The van der Waals surface area contributed by atoms with Crippen molar-refractivity contribution in [2.75, 3.05) is 6.54 Å². The van der Waals surface area contributed by atoms with Gasteiger partial charge in [-0.15, -0.1) is 0 Å². The Hall–Kier alpha value is -1.02. The van der Waals surface area contributed by atoms with Gasteiger partial charge in [0.15, 0.2) is 0 Å². The molecule has 1 heterocycles. The highest BCUT2D eigenvalue weighted by atomic mass is 15.1. The van der Waals surface area contributed by atoms with E-state index in [1.807, 2.05) is 12.3 Å². The second kappa shape index (κ2) is 4.23. The third kappa shape index (κ3) is 2.72. The second-order valence-electron chi connectivity index (χ2n) is 4.68. The van der Waals surface area contributed by atoms with Gasteiger partial charge in [-0.1, -0.05) is 19.2 Å². The second-order valence-corrected chi connectivity index (χ2v) is 4.68. The van der Waals surface area contributed by atoms with Crippen LogP contribution in [-0.4, -0.2) is 18.1 Å². The number of allylic oxidation sites excluding steroid dienone is 3. The van der Waals surface area contributed by atoms with Gasteiger partial charge in [-0.3, -0.25) is 0 Å². The van der Waals surface area contributed by atoms with Gasteiger partial charge in [0.1, 0.15) is 0 Å². The predicted molar refractivity (Wildman–Crippen MR) is 64.6 cm³/mol. The van der Waals surface area contributed by atoms with E-state index in [4.69, 9.17) is 0 Å². The van der Waals surface area contributed by atoms with Crippen molar-refractivity contribution in [3.05, 3.63) is 37.1 Å². The fourth-order valence-electron chi connectivity index (χ4n) is 2.19. The highest BCUT2D eigenvalue weighted by molar-refractivity contribution is 5.25. The van der Waals surface area contributed by atoms with Crippen LogP contribution in [0.4, 0.5) is 0 Å². The maximum Gasteiger partial charge on any atom is 0.0285 e. The molecule has 2 rings (SSSR count). The molecule has 1 atom stereocenters. The standard InChI is InChI=1S/C13H20N2/c1-3-11(2)4-8-14-12-5-9-15-13(10-12)6-7-13/h3-4,8,12,14-15H,1-2,5-7,9-10H2/b8-4-. The minimum absolute atomic E-state index is 0.499. The molecule has 15 heavy (non-hydrogen) atoms. The molecule has 0 aromatic heterocycles. The van der Waals surface area contributed by atoms with Crippen molar-refractivity contribution in [2.24, 2.45) is 0 Å². The van der Waals surface area contributed by atoms with Crippen molar-refractivity contribution in [2.45, 2.75) is 37.3 Å². The molecule has 2 heteroatoms. The van der Waals surface area contributed by atoms with E-state index in [-0.39, 0.29) is 0 Å². The Morgan fingerprint density at radius 1 is 1.47 bits per heavy atom. The van der Waals surface area contributed by atoms with Gasteiger partial charge in [0.05, 0.1) is 0 Å². The van der Waals surface area contributed by atoms with Crippen LogP contribution in [0, 0.1) is 0 Å². The molecule has 0 radical (unpaired) electrons. The lowest BCUT2D eigenvalue weighted by molar-refractivity contribution is 0.323. The largest absolute Gasteiger partial charge is 0.388 e. The van der Waals surface area contributed by atoms with Gasteiger partial charge < -0.3 is 10.6 Å². The average Bonchev–Trinajstić information content (AvgIpc) is 2.97. The van der Waals surface area contributed by atoms with E-state index in [0.29, 0.717) is 11.6 Å². The first-order valence-corrected chi connectivity index (χ1v) is 5.73. The van der Waals surface area contributed by atoms with Gasteiger partial charge >= 0.3 is 0 Å². The molecule has 2 nitrogen and oxygen atoms in total. The summed E-state index contributed by atoms with van der Waals surface area (Å²) in [5.41, 5.74) is 1.46. The van der Waals surface area contributed by atoms with Gasteiger partial charge in [0.25, 0.3) is 0 Å². The van der Waals surface area contributed by atoms with Crippen LogP contribution in [0.15, 0.2) is 37.1 Å². The lowest BCUT2D eigenvalue weighted by Crippen LogP contribution is -2.46. The Balaban J connectivity index is 1.77. The summed E-state index contributed by atoms with van der Waals surface area (Å²) < 4.78 is 0. The van der Waals surface area contributed by atoms with Crippen molar-refractivity contribution >= 4 is 0 Å². The van der Waals surface area contributed by atoms with E-state index in [1.165, 1.54) is 25.7 Å². The number of nitrogens with one attached hydrogen (secondary N) is 2. The highest BCUT2D eigenvalue weighted by Gasteiger charge is 2.45. The topological polar surface area (TPSA) is 24.1 Å². The quantitative estimate of drug-likeness (QED) is 0.685. The van der Waals surface area contributed by atoms with Crippen molar-refractivity contribution < 1.29 is 0 Å². The van der Waals surface area contributed by atoms with Gasteiger partial charge in [-0.05, 0) is 50.1 Å². The van der Waals surface area contributed by atoms with Crippen LogP contribution in [0.25, 0.3) is 0 Å². The summed E-state index contributed by atoms with van der Waals surface area (Å²) >= 11 is 0. The molecule has 2 aliphatic rings. The predicted octanol–water partition coefficient (Wildman–Crippen LogP) is 2.12. The van der Waals surface area contributed by atoms with Crippen LogP contribution < -0.4 is 10.6 Å². The maximum atomic E-state index is 3.84. The summed E-state index contributed by atoms with van der Waals surface area (Å²) in [5.74, 6) is 0. The summed E-state index contributed by atoms with van der Waals surface area (Å²) in [7, 11) is 0. The normalized spacial score (nSPS) is 27.9. The number of rotatable bonds is 4. The zero-order valence-corrected chi connectivity index (χ0v) is 9.26. The van der Waals surface area contributed by atoms with Gasteiger partial charge in [-0.25, -0.2) is 0 Å². The highest BCUT2D eigenvalue weighted by Crippen LogP contribution is 2.41. The molecule has 0 aromatic carbocycles. The van der Waals surface area contributed by atoms with Crippen molar-refractivity contribution in [1.29, 1.82) is 0 Å². The first-order chi connectivity index (χ1) is 7.24. The molecule has 1 saturated heterocycles. The van der Waals surface area contributed by atoms with Crippen molar-refractivity contribution in [3.8, 4) is 0 Å². The molecule has 0 bridgehead atoms. The van der Waals surface area contributed by atoms with E-state index in [2.05, 4.69) is 23.8 Å². The maximum absolute atomic E-state index is 3.84. The van der Waals surface area contributed by atoms with E-state index in [9.17, 15) is 0 Å². The molecule has 1 aliphatic heterocycles. The number of piperidine rings is 1. The lowest BCUT2D eigenvalue weighted by atomic mass is 9.98. The Morgan fingerprint density at radius 2 is 2.27 bits per heavy atom. The fourth-order valence-corrected chi connectivity index (χ4v) is 2.19. The van der Waals surface area contributed by atoms with E-state index >= 15 is 0 Å². The molecule has 82 valence electrons. The van der Waals surface area contributed by atoms with Crippen LogP contribution in [0.3, 0.4) is 0 Å². The summed E-state index contributed by atoms with van der Waals surface area (Å²) in [6.45, 7) is 8.66. The molecule has 1 unspecified atom stereocenters. The monoisotopic (exact) mass is 204 g/mol. The summed E-state index contributed by atoms with van der Waals surface area (Å²) in [5, 5.41) is 7.07. The molecule has 1 aliphatic carbocycles. The summed E-state index contributed by atoms with van der Waals surface area (Å²) in [6.07, 6.45) is 10.9. The minimum atomic E-state index is 0.499. The summed E-state index contributed by atoms with van der Waals surface area (Å²) in [6, 6.07) is 0.627. The van der Waals surface area contributed by atoms with Gasteiger partial charge in [0, 0.05) is 11.6 Å². The number of hydrogen-bond acceptors (Lipinski definition) is 2. The van der Waals surface area contributed by atoms with E-state index in [0.717, 1.165) is 12.1 Å². The summed E-state index contributed by atoms with van der Waals surface area (Å²) in [4.78, 5) is 0. The zero-order valence-electron chi connectivity index (χ0n) is 9.26. The molecule has 0 aromatic rings. The van der Waals surface area contributed by atoms with Gasteiger partial charge in [-0.2, -0.15) is 0 Å². The Morgan fingerprint density at radius 3 is 2.93 bits per heavy atom. The van der Waals surface area contributed by atoms with E-state index in [1.54, 1.807) is 6.08 Å². The van der Waals surface area contributed by atoms with Gasteiger partial charge in [0.2, 0.25) is 0 Å². The Kier molecular flexibility index (Phi) is 2.96. The van der Waals surface area contributed by atoms with Crippen LogP contribution in [-0.2, 0) is 0 Å². The Labute approximate surface area is 92.1 Å². The first-order valence-electron chi connectivity index (χ1n) is 5.73. The zero-order chi connectivity index (χ0) is 10.7. The Bertz CT molecular complexity index is 287. The van der Waals surface area contributed by atoms with Crippen LogP contribution in [0.2, 0.25) is 0 Å². The third-order valence-corrected chi connectivity index (χ3v) is 3.38. The van der Waals surface area contributed by atoms with Crippen molar-refractivity contribution in [1.82, 2.24) is 10.6 Å². The van der Waals surface area contributed by atoms with Crippen molar-refractivity contribution in [3.63, 3.8) is 0 Å².